The van der Waals surface area contributed by atoms with Crippen molar-refractivity contribution in [2.45, 2.75) is 32.4 Å². The van der Waals surface area contributed by atoms with Gasteiger partial charge in [-0.25, -0.2) is 0 Å². The molecule has 1 saturated heterocycles. The highest BCUT2D eigenvalue weighted by Crippen LogP contribution is 2.45. The normalized spacial score (nSPS) is 26.6. The van der Waals surface area contributed by atoms with Crippen molar-refractivity contribution in [3.8, 4) is 0 Å². The molecule has 0 aromatic carbocycles. The fraction of sp³-hybridized carbons (Fsp3) is 0.667. The second-order valence-corrected chi connectivity index (χ2v) is 7.24. The Hall–Kier alpha value is -0.580. The zero-order valence-corrected chi connectivity index (χ0v) is 13.0. The summed E-state index contributed by atoms with van der Waals surface area (Å²) >= 11 is 2.03. The maximum absolute atomic E-state index is 6.20. The van der Waals surface area contributed by atoms with Crippen molar-refractivity contribution in [2.24, 2.45) is 11.1 Å². The zero-order chi connectivity index (χ0) is 13.9. The van der Waals surface area contributed by atoms with Gasteiger partial charge in [-0.1, -0.05) is 13.8 Å². The van der Waals surface area contributed by atoms with Crippen LogP contribution in [0.15, 0.2) is 24.5 Å². The molecule has 1 unspecified atom stereocenters. The summed E-state index contributed by atoms with van der Waals surface area (Å²) in [6.45, 7) is 6.38. The molecule has 0 spiro atoms. The van der Waals surface area contributed by atoms with Gasteiger partial charge in [0, 0.05) is 36.8 Å². The molecule has 0 aliphatic carbocycles. The van der Waals surface area contributed by atoms with Gasteiger partial charge in [0.1, 0.15) is 0 Å². The Morgan fingerprint density at radius 2 is 2.05 bits per heavy atom. The summed E-state index contributed by atoms with van der Waals surface area (Å²) in [5, 5.41) is 0. The van der Waals surface area contributed by atoms with Crippen LogP contribution in [0.25, 0.3) is 0 Å². The second kappa shape index (κ2) is 5.81. The Morgan fingerprint density at radius 1 is 1.37 bits per heavy atom. The Kier molecular flexibility index (Phi) is 4.54. The molecule has 4 heteroatoms. The van der Waals surface area contributed by atoms with Crippen LogP contribution >= 0.6 is 11.8 Å². The average Bonchev–Trinajstić information content (AvgIpc) is 2.39. The molecule has 3 nitrogen and oxygen atoms in total. The molecule has 1 fully saturated rings. The van der Waals surface area contributed by atoms with E-state index in [1.165, 1.54) is 17.7 Å². The van der Waals surface area contributed by atoms with Crippen LogP contribution in [0.5, 0.6) is 0 Å². The van der Waals surface area contributed by atoms with Gasteiger partial charge in [-0.2, -0.15) is 11.8 Å². The van der Waals surface area contributed by atoms with Gasteiger partial charge in [0.05, 0.1) is 0 Å². The fourth-order valence-electron chi connectivity index (χ4n) is 3.03. The van der Waals surface area contributed by atoms with Gasteiger partial charge in [0.15, 0.2) is 0 Å². The molecular weight excluding hydrogens is 254 g/mol. The largest absolute Gasteiger partial charge is 0.329 e. The monoisotopic (exact) mass is 279 g/mol. The van der Waals surface area contributed by atoms with Gasteiger partial charge < -0.3 is 5.73 Å². The van der Waals surface area contributed by atoms with Gasteiger partial charge in [-0.3, -0.25) is 9.88 Å². The number of hydrogen-bond acceptors (Lipinski definition) is 4. The predicted octanol–water partition coefficient (Wildman–Crippen LogP) is 2.37. The number of hydrogen-bond donors (Lipinski definition) is 1. The summed E-state index contributed by atoms with van der Waals surface area (Å²) in [5.41, 5.74) is 7.84. The molecule has 1 aromatic heterocycles. The fourth-order valence-corrected chi connectivity index (χ4v) is 4.89. The van der Waals surface area contributed by atoms with Crippen LogP contribution in [0.3, 0.4) is 0 Å². The molecule has 106 valence electrons. The summed E-state index contributed by atoms with van der Waals surface area (Å²) in [7, 11) is 2.21. The van der Waals surface area contributed by atoms with Crippen LogP contribution < -0.4 is 5.73 Å². The molecule has 0 saturated carbocycles. The maximum atomic E-state index is 6.20. The van der Waals surface area contributed by atoms with Crippen LogP contribution in [0, 0.1) is 5.41 Å². The molecule has 1 aliphatic rings. The van der Waals surface area contributed by atoms with E-state index in [1.807, 2.05) is 24.2 Å². The van der Waals surface area contributed by atoms with Crippen molar-refractivity contribution in [3.63, 3.8) is 0 Å². The molecule has 1 aromatic rings. The minimum absolute atomic E-state index is 0.0825. The third-order valence-corrected chi connectivity index (χ3v) is 5.88. The Bertz CT molecular complexity index is 407. The van der Waals surface area contributed by atoms with E-state index in [2.05, 4.69) is 42.9 Å². The van der Waals surface area contributed by atoms with Crippen molar-refractivity contribution in [1.82, 2.24) is 9.88 Å². The number of aromatic nitrogens is 1. The lowest BCUT2D eigenvalue weighted by Gasteiger charge is -2.54. The van der Waals surface area contributed by atoms with E-state index in [1.54, 1.807) is 0 Å². The molecule has 2 rings (SSSR count). The van der Waals surface area contributed by atoms with Crippen LogP contribution in [-0.2, 0) is 6.54 Å². The number of nitrogens with zero attached hydrogens (tertiary/aromatic N) is 2. The molecule has 2 heterocycles. The van der Waals surface area contributed by atoms with Crippen molar-refractivity contribution < 1.29 is 0 Å². The van der Waals surface area contributed by atoms with Crippen molar-refractivity contribution >= 4 is 11.8 Å². The summed E-state index contributed by atoms with van der Waals surface area (Å²) in [6, 6.07) is 4.17. The molecule has 1 atom stereocenters. The molecule has 2 N–H and O–H groups in total. The third kappa shape index (κ3) is 2.81. The smallest absolute Gasteiger partial charge is 0.0473 e. The lowest BCUT2D eigenvalue weighted by molar-refractivity contribution is 0.0148. The van der Waals surface area contributed by atoms with Crippen molar-refractivity contribution in [1.29, 1.82) is 0 Å². The minimum Gasteiger partial charge on any atom is -0.329 e. The average molecular weight is 279 g/mol. The predicted molar refractivity (Wildman–Crippen MR) is 83.2 cm³/mol. The number of likely N-dealkylation sites (N-methyl/N-ethyl adjacent to an activating group) is 1. The lowest BCUT2D eigenvalue weighted by atomic mass is 9.69. The van der Waals surface area contributed by atoms with E-state index < -0.39 is 0 Å². The lowest BCUT2D eigenvalue weighted by Crippen LogP contribution is -2.64. The first kappa shape index (κ1) is 14.8. The Labute approximate surface area is 121 Å². The first-order chi connectivity index (χ1) is 9.02. The number of rotatable bonds is 4. The highest BCUT2D eigenvalue weighted by atomic mass is 32.2. The molecule has 0 radical (unpaired) electrons. The van der Waals surface area contributed by atoms with Gasteiger partial charge in [-0.05, 0) is 42.3 Å². The van der Waals surface area contributed by atoms with E-state index in [9.17, 15) is 0 Å². The molecule has 0 bridgehead atoms. The number of thioether (sulfide) groups is 1. The van der Waals surface area contributed by atoms with E-state index in [0.717, 1.165) is 12.3 Å². The highest BCUT2D eigenvalue weighted by Gasteiger charge is 2.48. The summed E-state index contributed by atoms with van der Waals surface area (Å²) < 4.78 is 0. The minimum atomic E-state index is 0.0825. The topological polar surface area (TPSA) is 42.2 Å². The number of nitrogens with two attached hydrogens (primary N) is 1. The van der Waals surface area contributed by atoms with Gasteiger partial charge in [0.2, 0.25) is 0 Å². The first-order valence-electron chi connectivity index (χ1n) is 6.90. The molecular formula is C15H25N3S. The molecule has 19 heavy (non-hydrogen) atoms. The quantitative estimate of drug-likeness (QED) is 0.919. The first-order valence-corrected chi connectivity index (χ1v) is 8.05. The Balaban J connectivity index is 2.20. The van der Waals surface area contributed by atoms with Crippen LogP contribution in [0.1, 0.15) is 25.8 Å². The van der Waals surface area contributed by atoms with Crippen molar-refractivity contribution in [3.05, 3.63) is 30.1 Å². The van der Waals surface area contributed by atoms with Crippen LogP contribution in [-0.4, -0.2) is 40.5 Å². The standard InChI is InChI=1S/C15H25N3S/c1-14(2)6-9-19-12-15(14,11-16)18(3)10-13-4-7-17-8-5-13/h4-5,7-8H,6,9-12,16H2,1-3H3. The molecule has 0 amide bonds. The van der Waals surface area contributed by atoms with Crippen LogP contribution in [0.4, 0.5) is 0 Å². The second-order valence-electron chi connectivity index (χ2n) is 6.13. The third-order valence-electron chi connectivity index (χ3n) is 4.71. The highest BCUT2D eigenvalue weighted by molar-refractivity contribution is 7.99. The van der Waals surface area contributed by atoms with Gasteiger partial charge in [-0.15, -0.1) is 0 Å². The zero-order valence-electron chi connectivity index (χ0n) is 12.2. The summed E-state index contributed by atoms with van der Waals surface area (Å²) in [4.78, 5) is 6.54. The van der Waals surface area contributed by atoms with E-state index in [4.69, 9.17) is 5.73 Å². The summed E-state index contributed by atoms with van der Waals surface area (Å²) in [6.07, 6.45) is 4.95. The number of pyridine rings is 1. The van der Waals surface area contributed by atoms with E-state index in [0.29, 0.717) is 6.54 Å². The van der Waals surface area contributed by atoms with E-state index >= 15 is 0 Å². The van der Waals surface area contributed by atoms with Gasteiger partial charge >= 0.3 is 0 Å². The summed E-state index contributed by atoms with van der Waals surface area (Å²) in [5.74, 6) is 2.37. The SMILES string of the molecule is CN(Cc1ccncc1)C1(CN)CSCCC1(C)C. The van der Waals surface area contributed by atoms with Gasteiger partial charge in [0.25, 0.3) is 0 Å². The van der Waals surface area contributed by atoms with Crippen LogP contribution in [0.2, 0.25) is 0 Å². The van der Waals surface area contributed by atoms with E-state index in [-0.39, 0.29) is 11.0 Å². The Morgan fingerprint density at radius 3 is 2.63 bits per heavy atom. The molecule has 1 aliphatic heterocycles. The van der Waals surface area contributed by atoms with Crippen molar-refractivity contribution in [2.75, 3.05) is 25.1 Å². The maximum Gasteiger partial charge on any atom is 0.0473 e.